The number of hydrogen-bond acceptors (Lipinski definition) is 2. The lowest BCUT2D eigenvalue weighted by molar-refractivity contribution is 0.418. The Bertz CT molecular complexity index is 937. The van der Waals surface area contributed by atoms with Gasteiger partial charge in [0.05, 0.1) is 14.2 Å². The molecule has 2 atom stereocenters. The van der Waals surface area contributed by atoms with Crippen LogP contribution in [0.1, 0.15) is 13.8 Å². The fourth-order valence-electron chi connectivity index (χ4n) is 2.85. The highest BCUT2D eigenvalue weighted by molar-refractivity contribution is 7.56. The maximum atomic E-state index is 5.32. The number of hydrogen-bond donors (Lipinski definition) is 0. The Labute approximate surface area is 196 Å². The number of rotatable bonds is 6. The first-order valence-corrected chi connectivity index (χ1v) is 12.7. The van der Waals surface area contributed by atoms with E-state index in [2.05, 4.69) is 60.7 Å². The van der Waals surface area contributed by atoms with Crippen LogP contribution in [-0.4, -0.2) is 14.2 Å². The molecule has 4 heteroatoms. The topological polar surface area (TPSA) is 18.5 Å². The first kappa shape index (κ1) is 25.6. The first-order chi connectivity index (χ1) is 15.8. The van der Waals surface area contributed by atoms with Crippen LogP contribution >= 0.6 is 17.2 Å². The van der Waals surface area contributed by atoms with Crippen molar-refractivity contribution in [2.45, 2.75) is 13.8 Å². The van der Waals surface area contributed by atoms with Gasteiger partial charge in [-0.25, -0.2) is 0 Å². The molecule has 0 aliphatic heterocycles. The van der Waals surface area contributed by atoms with E-state index in [0.717, 1.165) is 11.5 Å². The summed E-state index contributed by atoms with van der Waals surface area (Å²) in [6.45, 7) is 4.00. The molecule has 0 aromatic heterocycles. The zero-order valence-electron chi connectivity index (χ0n) is 19.2. The largest absolute Gasteiger partial charge is 0.496 e. The summed E-state index contributed by atoms with van der Waals surface area (Å²) in [4.78, 5) is 0. The average Bonchev–Trinajstić information content (AvgIpc) is 2.88. The Morgan fingerprint density at radius 3 is 1.09 bits per heavy atom. The summed E-state index contributed by atoms with van der Waals surface area (Å²) in [5.41, 5.74) is 0. The molecule has 0 bridgehead atoms. The fourth-order valence-corrected chi connectivity index (χ4v) is 5.17. The van der Waals surface area contributed by atoms with Crippen LogP contribution in [0.25, 0.3) is 0 Å². The van der Waals surface area contributed by atoms with Crippen LogP contribution in [0.2, 0.25) is 0 Å². The minimum Gasteiger partial charge on any atom is -0.496 e. The van der Waals surface area contributed by atoms with Gasteiger partial charge in [0.1, 0.15) is 11.5 Å². The van der Waals surface area contributed by atoms with Crippen LogP contribution in [0.3, 0.4) is 0 Å². The van der Waals surface area contributed by atoms with Gasteiger partial charge < -0.3 is 9.47 Å². The first-order valence-electron chi connectivity index (χ1n) is 10.7. The molecule has 0 saturated heterocycles. The van der Waals surface area contributed by atoms with Crippen molar-refractivity contribution in [1.82, 2.24) is 0 Å². The van der Waals surface area contributed by atoms with Gasteiger partial charge in [-0.2, -0.15) is 0 Å². The second kappa shape index (κ2) is 15.2. The van der Waals surface area contributed by atoms with Crippen LogP contribution < -0.4 is 30.7 Å². The number of ether oxygens (including phenoxy) is 2. The maximum absolute atomic E-state index is 5.32. The second-order valence-corrected chi connectivity index (χ2v) is 9.11. The molecule has 0 amide bonds. The zero-order chi connectivity index (χ0) is 23.0. The van der Waals surface area contributed by atoms with E-state index < -0.39 is 0 Å². The lowest BCUT2D eigenvalue weighted by atomic mass is 10.3. The van der Waals surface area contributed by atoms with Crippen molar-refractivity contribution in [1.29, 1.82) is 0 Å². The van der Waals surface area contributed by atoms with Crippen LogP contribution in [0.4, 0.5) is 0 Å². The molecule has 0 saturated carbocycles. The smallest absolute Gasteiger partial charge is 0.126 e. The molecule has 0 aliphatic rings. The Morgan fingerprint density at radius 1 is 0.438 bits per heavy atom. The minimum absolute atomic E-state index is 0.657. The van der Waals surface area contributed by atoms with Crippen LogP contribution in [-0.2, 0) is 0 Å². The van der Waals surface area contributed by atoms with E-state index in [1.165, 1.54) is 21.2 Å². The Hall–Kier alpha value is -2.66. The molecular formula is C28H32O2P2. The summed E-state index contributed by atoms with van der Waals surface area (Å²) in [6.07, 6.45) is 0. The van der Waals surface area contributed by atoms with E-state index in [1.807, 2.05) is 62.4 Å². The van der Waals surface area contributed by atoms with E-state index in [1.54, 1.807) is 14.2 Å². The van der Waals surface area contributed by atoms with Crippen molar-refractivity contribution < 1.29 is 9.47 Å². The molecule has 4 aromatic carbocycles. The Balaban J connectivity index is 0.000000211. The third kappa shape index (κ3) is 8.46. The van der Waals surface area contributed by atoms with E-state index in [9.17, 15) is 0 Å². The fraction of sp³-hybridized carbons (Fsp3) is 0.143. The van der Waals surface area contributed by atoms with Gasteiger partial charge in [-0.1, -0.05) is 128 Å². The summed E-state index contributed by atoms with van der Waals surface area (Å²) < 4.78 is 10.6. The molecule has 166 valence electrons. The molecule has 4 aromatic rings. The molecule has 32 heavy (non-hydrogen) atoms. The molecule has 4 rings (SSSR count). The minimum atomic E-state index is 0.657. The van der Waals surface area contributed by atoms with Gasteiger partial charge in [0.15, 0.2) is 0 Å². The monoisotopic (exact) mass is 462 g/mol. The predicted molar refractivity (Wildman–Crippen MR) is 145 cm³/mol. The third-order valence-electron chi connectivity index (χ3n) is 4.32. The van der Waals surface area contributed by atoms with E-state index in [4.69, 9.17) is 9.47 Å². The van der Waals surface area contributed by atoms with E-state index in [-0.39, 0.29) is 0 Å². The zero-order valence-corrected chi connectivity index (χ0v) is 21.2. The summed E-state index contributed by atoms with van der Waals surface area (Å²) in [7, 11) is 4.75. The van der Waals surface area contributed by atoms with Gasteiger partial charge in [0.25, 0.3) is 0 Å². The van der Waals surface area contributed by atoms with Crippen molar-refractivity contribution >= 4 is 38.4 Å². The molecule has 0 radical (unpaired) electrons. The Morgan fingerprint density at radius 2 is 0.750 bits per heavy atom. The van der Waals surface area contributed by atoms with Gasteiger partial charge in [0.2, 0.25) is 0 Å². The highest BCUT2D eigenvalue weighted by Gasteiger charge is 2.02. The molecule has 0 heterocycles. The predicted octanol–water partition coefficient (Wildman–Crippen LogP) is 5.68. The number of methoxy groups -OCH3 is 2. The van der Waals surface area contributed by atoms with Crippen LogP contribution in [0.15, 0.2) is 109 Å². The standard InChI is InChI=1S/2C13H13OP.C2H6/c2*1-14-12-9-5-6-10-13(12)15-11-7-3-2-4-8-11;1-2/h2*2-10,15H,1H3;1-2H3. The quantitative estimate of drug-likeness (QED) is 0.344. The van der Waals surface area contributed by atoms with Gasteiger partial charge in [-0.15, -0.1) is 0 Å². The van der Waals surface area contributed by atoms with E-state index in [0.29, 0.717) is 17.2 Å². The summed E-state index contributed by atoms with van der Waals surface area (Å²) in [5, 5.41) is 5.18. The van der Waals surface area contributed by atoms with Crippen molar-refractivity contribution in [3.63, 3.8) is 0 Å². The highest BCUT2D eigenvalue weighted by Crippen LogP contribution is 2.19. The maximum Gasteiger partial charge on any atom is 0.126 e. The van der Waals surface area contributed by atoms with Gasteiger partial charge in [-0.05, 0) is 22.7 Å². The van der Waals surface area contributed by atoms with Gasteiger partial charge in [0, 0.05) is 10.6 Å². The lowest BCUT2D eigenvalue weighted by Gasteiger charge is -2.07. The molecule has 0 N–H and O–H groups in total. The number of para-hydroxylation sites is 2. The molecule has 0 spiro atoms. The van der Waals surface area contributed by atoms with Crippen LogP contribution in [0, 0.1) is 0 Å². The average molecular weight is 463 g/mol. The van der Waals surface area contributed by atoms with Crippen molar-refractivity contribution in [3.05, 3.63) is 109 Å². The van der Waals surface area contributed by atoms with Crippen molar-refractivity contribution in [2.24, 2.45) is 0 Å². The molecule has 2 nitrogen and oxygen atoms in total. The summed E-state index contributed by atoms with van der Waals surface area (Å²) in [5.74, 6) is 1.94. The molecule has 0 aliphatic carbocycles. The highest BCUT2D eigenvalue weighted by atomic mass is 31.1. The Kier molecular flexibility index (Phi) is 12.2. The SMILES string of the molecule is CC.COc1ccccc1Pc1ccccc1.COc1ccccc1Pc1ccccc1. The van der Waals surface area contributed by atoms with Crippen molar-refractivity contribution in [2.75, 3.05) is 14.2 Å². The van der Waals surface area contributed by atoms with Crippen molar-refractivity contribution in [3.8, 4) is 11.5 Å². The van der Waals surface area contributed by atoms with Gasteiger partial charge in [-0.3, -0.25) is 0 Å². The van der Waals surface area contributed by atoms with Gasteiger partial charge >= 0.3 is 0 Å². The molecular weight excluding hydrogens is 430 g/mol. The summed E-state index contributed by atoms with van der Waals surface area (Å²) >= 11 is 0. The normalized spacial score (nSPS) is 10.2. The third-order valence-corrected chi connectivity index (χ3v) is 6.93. The summed E-state index contributed by atoms with van der Waals surface area (Å²) in [6, 6.07) is 37.3. The molecule has 2 unspecified atom stereocenters. The number of benzene rings is 4. The second-order valence-electron chi connectivity index (χ2n) is 6.38. The lowest BCUT2D eigenvalue weighted by Crippen LogP contribution is -2.05. The van der Waals surface area contributed by atoms with E-state index >= 15 is 0 Å². The molecule has 0 fully saturated rings. The van der Waals surface area contributed by atoms with Crippen LogP contribution in [0.5, 0.6) is 11.5 Å².